The van der Waals surface area contributed by atoms with Crippen LogP contribution in [0.15, 0.2) is 0 Å². The van der Waals surface area contributed by atoms with E-state index in [9.17, 15) is 4.79 Å². The summed E-state index contributed by atoms with van der Waals surface area (Å²) < 4.78 is 4.62. The third kappa shape index (κ3) is 5.31. The zero-order valence-corrected chi connectivity index (χ0v) is 9.17. The first kappa shape index (κ1) is 15.4. The number of hydrogen-bond acceptors (Lipinski definition) is 4. The van der Waals surface area contributed by atoms with Crippen molar-refractivity contribution in [3.63, 3.8) is 0 Å². The summed E-state index contributed by atoms with van der Waals surface area (Å²) in [5.41, 5.74) is 0. The van der Waals surface area contributed by atoms with Gasteiger partial charge in [0.05, 0.1) is 7.11 Å². The van der Waals surface area contributed by atoms with E-state index in [0.717, 1.165) is 26.1 Å². The van der Waals surface area contributed by atoms with Crippen molar-refractivity contribution in [3.8, 4) is 0 Å². The molecule has 1 heterocycles. The number of carbonyl (C=O) groups is 1. The van der Waals surface area contributed by atoms with E-state index >= 15 is 0 Å². The molecule has 80 valence electrons. The van der Waals surface area contributed by atoms with E-state index in [1.807, 2.05) is 0 Å². The number of methoxy groups -OCH3 is 1. The molecule has 0 aliphatic carbocycles. The maximum absolute atomic E-state index is 11.0. The Balaban J connectivity index is 0. The number of hydrogen-bond donors (Lipinski definition) is 2. The highest BCUT2D eigenvalue weighted by atomic mass is 35.5. The molecule has 0 bridgehead atoms. The van der Waals surface area contributed by atoms with Crippen LogP contribution in [0.2, 0.25) is 0 Å². The van der Waals surface area contributed by atoms with Gasteiger partial charge < -0.3 is 15.4 Å². The Kier molecular flexibility index (Phi) is 10.2. The monoisotopic (exact) mass is 230 g/mol. The molecule has 4 nitrogen and oxygen atoms in total. The molecule has 6 heteroatoms. The standard InChI is InChI=1S/C7H14N2O2.2ClH/c1-11-7(10)6-2-3-8-4-5-9-6;;/h6,8-9H,2-5H2,1H3;2*1H. The lowest BCUT2D eigenvalue weighted by molar-refractivity contribution is -0.143. The summed E-state index contributed by atoms with van der Waals surface area (Å²) in [5.74, 6) is -0.159. The van der Waals surface area contributed by atoms with Crippen molar-refractivity contribution >= 4 is 30.8 Å². The van der Waals surface area contributed by atoms with E-state index in [1.165, 1.54) is 7.11 Å². The van der Waals surface area contributed by atoms with Crippen molar-refractivity contribution in [1.82, 2.24) is 10.6 Å². The summed E-state index contributed by atoms with van der Waals surface area (Å²) in [6.45, 7) is 2.64. The van der Waals surface area contributed by atoms with Gasteiger partial charge in [-0.2, -0.15) is 0 Å². The summed E-state index contributed by atoms with van der Waals surface area (Å²) >= 11 is 0. The van der Waals surface area contributed by atoms with Crippen molar-refractivity contribution < 1.29 is 9.53 Å². The maximum Gasteiger partial charge on any atom is 0.322 e. The van der Waals surface area contributed by atoms with Gasteiger partial charge in [0.1, 0.15) is 6.04 Å². The van der Waals surface area contributed by atoms with Crippen LogP contribution < -0.4 is 10.6 Å². The highest BCUT2D eigenvalue weighted by Crippen LogP contribution is 1.95. The minimum Gasteiger partial charge on any atom is -0.468 e. The largest absolute Gasteiger partial charge is 0.468 e. The van der Waals surface area contributed by atoms with Crippen molar-refractivity contribution in [3.05, 3.63) is 0 Å². The molecule has 1 aliphatic heterocycles. The smallest absolute Gasteiger partial charge is 0.322 e. The van der Waals surface area contributed by atoms with Crippen LogP contribution in [0.5, 0.6) is 0 Å². The van der Waals surface area contributed by atoms with Crippen LogP contribution in [-0.4, -0.2) is 38.8 Å². The molecule has 0 aromatic heterocycles. The Morgan fingerprint density at radius 3 is 2.62 bits per heavy atom. The fraction of sp³-hybridized carbons (Fsp3) is 0.857. The van der Waals surface area contributed by atoms with Crippen LogP contribution in [0, 0.1) is 0 Å². The molecule has 1 atom stereocenters. The second kappa shape index (κ2) is 8.56. The van der Waals surface area contributed by atoms with E-state index in [1.54, 1.807) is 0 Å². The van der Waals surface area contributed by atoms with Gasteiger partial charge in [-0.1, -0.05) is 0 Å². The van der Waals surface area contributed by atoms with Gasteiger partial charge in [-0.25, -0.2) is 0 Å². The van der Waals surface area contributed by atoms with E-state index < -0.39 is 0 Å². The van der Waals surface area contributed by atoms with Gasteiger partial charge in [-0.05, 0) is 13.0 Å². The minimum atomic E-state index is -0.159. The van der Waals surface area contributed by atoms with Gasteiger partial charge >= 0.3 is 5.97 Å². The van der Waals surface area contributed by atoms with Crippen molar-refractivity contribution in [1.29, 1.82) is 0 Å². The van der Waals surface area contributed by atoms with Gasteiger partial charge in [0, 0.05) is 13.1 Å². The first-order chi connectivity index (χ1) is 5.34. The van der Waals surface area contributed by atoms with Crippen LogP contribution >= 0.6 is 24.8 Å². The molecule has 0 aromatic rings. The van der Waals surface area contributed by atoms with Gasteiger partial charge in [0.2, 0.25) is 0 Å². The number of rotatable bonds is 1. The zero-order chi connectivity index (χ0) is 8.10. The molecule has 1 saturated heterocycles. The summed E-state index contributed by atoms with van der Waals surface area (Å²) in [6.07, 6.45) is 0.812. The fourth-order valence-electron chi connectivity index (χ4n) is 1.15. The SMILES string of the molecule is COC(=O)C1CCNCCN1.Cl.Cl. The Labute approximate surface area is 90.6 Å². The van der Waals surface area contributed by atoms with Crippen LogP contribution in [0.3, 0.4) is 0 Å². The molecular formula is C7H16Cl2N2O2. The summed E-state index contributed by atoms with van der Waals surface area (Å²) in [7, 11) is 1.42. The zero-order valence-electron chi connectivity index (χ0n) is 7.54. The second-order valence-electron chi connectivity index (χ2n) is 2.57. The number of carbonyl (C=O) groups excluding carboxylic acids is 1. The molecule has 0 radical (unpaired) electrons. The molecule has 0 saturated carbocycles. The van der Waals surface area contributed by atoms with Gasteiger partial charge in [-0.3, -0.25) is 4.79 Å². The van der Waals surface area contributed by atoms with Crippen LogP contribution in [0.25, 0.3) is 0 Å². The molecular weight excluding hydrogens is 215 g/mol. The normalized spacial score (nSPS) is 21.8. The molecule has 0 aromatic carbocycles. The Morgan fingerprint density at radius 2 is 2.00 bits per heavy atom. The summed E-state index contributed by atoms with van der Waals surface area (Å²) in [6, 6.07) is -0.116. The van der Waals surface area contributed by atoms with Gasteiger partial charge in [0.25, 0.3) is 0 Å². The molecule has 0 spiro atoms. The van der Waals surface area contributed by atoms with E-state index in [4.69, 9.17) is 0 Å². The Bertz CT molecular complexity index is 138. The molecule has 1 rings (SSSR count). The summed E-state index contributed by atoms with van der Waals surface area (Å²) in [4.78, 5) is 11.0. The van der Waals surface area contributed by atoms with E-state index in [0.29, 0.717) is 0 Å². The molecule has 13 heavy (non-hydrogen) atoms. The van der Waals surface area contributed by atoms with Crippen molar-refractivity contribution in [2.45, 2.75) is 12.5 Å². The quantitative estimate of drug-likeness (QED) is 0.621. The third-order valence-electron chi connectivity index (χ3n) is 1.79. The number of nitrogens with one attached hydrogen (secondary N) is 2. The molecule has 0 amide bonds. The third-order valence-corrected chi connectivity index (χ3v) is 1.79. The predicted molar refractivity (Wildman–Crippen MR) is 55.8 cm³/mol. The highest BCUT2D eigenvalue weighted by molar-refractivity contribution is 5.85. The molecule has 2 N–H and O–H groups in total. The number of esters is 1. The fourth-order valence-corrected chi connectivity index (χ4v) is 1.15. The Hall–Kier alpha value is -0.0300. The average Bonchev–Trinajstić information content (AvgIpc) is 2.30. The average molecular weight is 231 g/mol. The first-order valence-electron chi connectivity index (χ1n) is 3.86. The molecule has 1 fully saturated rings. The number of halogens is 2. The lowest BCUT2D eigenvalue weighted by Crippen LogP contribution is -2.37. The van der Waals surface area contributed by atoms with Crippen LogP contribution in [-0.2, 0) is 9.53 Å². The van der Waals surface area contributed by atoms with Crippen LogP contribution in [0.1, 0.15) is 6.42 Å². The lowest BCUT2D eigenvalue weighted by atomic mass is 10.2. The van der Waals surface area contributed by atoms with E-state index in [-0.39, 0.29) is 36.8 Å². The first-order valence-corrected chi connectivity index (χ1v) is 3.86. The minimum absolute atomic E-state index is 0. The van der Waals surface area contributed by atoms with E-state index in [2.05, 4.69) is 15.4 Å². The Morgan fingerprint density at radius 1 is 1.31 bits per heavy atom. The maximum atomic E-state index is 11.0. The second-order valence-corrected chi connectivity index (χ2v) is 2.57. The highest BCUT2D eigenvalue weighted by Gasteiger charge is 2.18. The molecule has 1 aliphatic rings. The van der Waals surface area contributed by atoms with Crippen molar-refractivity contribution in [2.75, 3.05) is 26.7 Å². The topological polar surface area (TPSA) is 50.4 Å². The van der Waals surface area contributed by atoms with Gasteiger partial charge in [-0.15, -0.1) is 24.8 Å². The van der Waals surface area contributed by atoms with Gasteiger partial charge in [0.15, 0.2) is 0 Å². The van der Waals surface area contributed by atoms with Crippen molar-refractivity contribution in [2.24, 2.45) is 0 Å². The van der Waals surface area contributed by atoms with Crippen LogP contribution in [0.4, 0.5) is 0 Å². The summed E-state index contributed by atoms with van der Waals surface area (Å²) in [5, 5.41) is 6.28. The predicted octanol–water partition coefficient (Wildman–Crippen LogP) is -0.0455. The number of ether oxygens (including phenoxy) is 1. The lowest BCUT2D eigenvalue weighted by Gasteiger charge is -2.11. The molecule has 1 unspecified atom stereocenters.